The number of benzene rings is 2. The third kappa shape index (κ3) is 3.68. The van der Waals surface area contributed by atoms with Gasteiger partial charge in [-0.2, -0.15) is 0 Å². The fraction of sp³-hybridized carbons (Fsp3) is 0.381. The van der Waals surface area contributed by atoms with Gasteiger partial charge in [0.25, 0.3) is 5.91 Å². The van der Waals surface area contributed by atoms with Crippen molar-refractivity contribution in [3.63, 3.8) is 0 Å². The predicted octanol–water partition coefficient (Wildman–Crippen LogP) is 3.57. The number of hydrogen-bond acceptors (Lipinski definition) is 2. The molecule has 3 rings (SSSR count). The first kappa shape index (κ1) is 16.7. The van der Waals surface area contributed by atoms with Crippen LogP contribution in [0.4, 0.5) is 0 Å². The van der Waals surface area contributed by atoms with Crippen molar-refractivity contribution in [3.05, 3.63) is 70.3 Å². The Balaban J connectivity index is 1.62. The summed E-state index contributed by atoms with van der Waals surface area (Å²) in [5.74, 6) is 0.176. The van der Waals surface area contributed by atoms with E-state index in [2.05, 4.69) is 49.1 Å². The summed E-state index contributed by atoms with van der Waals surface area (Å²) in [6.07, 6.45) is 0. The van der Waals surface area contributed by atoms with E-state index in [4.69, 9.17) is 0 Å². The first-order valence-corrected chi connectivity index (χ1v) is 8.68. The van der Waals surface area contributed by atoms with E-state index >= 15 is 0 Å². The Hall–Kier alpha value is -2.13. The van der Waals surface area contributed by atoms with Gasteiger partial charge in [0.2, 0.25) is 0 Å². The molecular weight excluding hydrogens is 296 g/mol. The maximum absolute atomic E-state index is 12.9. The van der Waals surface area contributed by atoms with Crippen LogP contribution in [0.5, 0.6) is 0 Å². The fourth-order valence-electron chi connectivity index (χ4n) is 3.31. The molecule has 0 unspecified atom stereocenters. The summed E-state index contributed by atoms with van der Waals surface area (Å²) in [5, 5.41) is 0. The largest absolute Gasteiger partial charge is 0.336 e. The van der Waals surface area contributed by atoms with E-state index in [1.807, 2.05) is 24.0 Å². The predicted molar refractivity (Wildman–Crippen MR) is 98.3 cm³/mol. The highest BCUT2D eigenvalue weighted by Gasteiger charge is 2.23. The minimum Gasteiger partial charge on any atom is -0.336 e. The molecule has 1 amide bonds. The second-order valence-corrected chi connectivity index (χ2v) is 6.81. The molecule has 3 nitrogen and oxygen atoms in total. The first-order chi connectivity index (χ1) is 11.5. The van der Waals surface area contributed by atoms with Crippen molar-refractivity contribution >= 4 is 5.91 Å². The average molecular weight is 322 g/mol. The molecule has 3 heteroatoms. The molecule has 0 bridgehead atoms. The highest BCUT2D eigenvalue weighted by Crippen LogP contribution is 2.18. The van der Waals surface area contributed by atoms with Gasteiger partial charge in [0, 0.05) is 38.3 Å². The lowest BCUT2D eigenvalue weighted by Crippen LogP contribution is -2.48. The molecule has 1 aliphatic rings. The minimum atomic E-state index is 0.176. The van der Waals surface area contributed by atoms with E-state index in [0.29, 0.717) is 0 Å². The van der Waals surface area contributed by atoms with Gasteiger partial charge < -0.3 is 4.90 Å². The molecule has 0 atom stereocenters. The van der Waals surface area contributed by atoms with Crippen molar-refractivity contribution in [2.75, 3.05) is 26.2 Å². The number of rotatable bonds is 3. The van der Waals surface area contributed by atoms with Crippen molar-refractivity contribution < 1.29 is 4.79 Å². The number of aryl methyl sites for hydroxylation is 3. The molecule has 0 aliphatic carbocycles. The Labute approximate surface area is 144 Å². The Morgan fingerprint density at radius 2 is 1.50 bits per heavy atom. The molecule has 126 valence electrons. The molecule has 2 aromatic carbocycles. The van der Waals surface area contributed by atoms with Gasteiger partial charge in [-0.05, 0) is 49.1 Å². The lowest BCUT2D eigenvalue weighted by molar-refractivity contribution is 0.0627. The van der Waals surface area contributed by atoms with Crippen LogP contribution in [0.1, 0.15) is 32.6 Å². The molecule has 24 heavy (non-hydrogen) atoms. The zero-order valence-electron chi connectivity index (χ0n) is 14.9. The third-order valence-corrected chi connectivity index (χ3v) is 4.98. The van der Waals surface area contributed by atoms with Crippen molar-refractivity contribution in [1.82, 2.24) is 9.80 Å². The van der Waals surface area contributed by atoms with E-state index in [-0.39, 0.29) is 5.91 Å². The summed E-state index contributed by atoms with van der Waals surface area (Å²) >= 11 is 0. The highest BCUT2D eigenvalue weighted by molar-refractivity contribution is 5.96. The minimum absolute atomic E-state index is 0.176. The molecule has 0 N–H and O–H groups in total. The van der Waals surface area contributed by atoms with Crippen LogP contribution in [-0.2, 0) is 6.54 Å². The highest BCUT2D eigenvalue weighted by atomic mass is 16.2. The molecule has 2 aromatic rings. The molecule has 1 saturated heterocycles. The lowest BCUT2D eigenvalue weighted by atomic mass is 10.00. The fourth-order valence-corrected chi connectivity index (χ4v) is 3.31. The van der Waals surface area contributed by atoms with Crippen LogP contribution >= 0.6 is 0 Å². The monoisotopic (exact) mass is 322 g/mol. The quantitative estimate of drug-likeness (QED) is 0.862. The second kappa shape index (κ2) is 7.18. The summed E-state index contributed by atoms with van der Waals surface area (Å²) in [6.45, 7) is 10.6. The Kier molecular flexibility index (Phi) is 5.00. The van der Waals surface area contributed by atoms with Crippen LogP contribution in [0.2, 0.25) is 0 Å². The van der Waals surface area contributed by atoms with Gasteiger partial charge in [0.1, 0.15) is 0 Å². The van der Waals surface area contributed by atoms with Gasteiger partial charge in [-0.3, -0.25) is 9.69 Å². The standard InChI is InChI=1S/C21H26N2O/c1-16-13-18(3)20(14-17(16)2)21(24)23-11-9-22(10-12-23)15-19-7-5-4-6-8-19/h4-8,13-14H,9-12,15H2,1-3H3. The van der Waals surface area contributed by atoms with Crippen LogP contribution < -0.4 is 0 Å². The summed E-state index contributed by atoms with van der Waals surface area (Å²) in [5.41, 5.74) is 5.70. The zero-order valence-corrected chi connectivity index (χ0v) is 14.9. The molecule has 1 aliphatic heterocycles. The van der Waals surface area contributed by atoms with Gasteiger partial charge in [-0.25, -0.2) is 0 Å². The Morgan fingerprint density at radius 3 is 2.17 bits per heavy atom. The summed E-state index contributed by atoms with van der Waals surface area (Å²) < 4.78 is 0. The molecule has 0 radical (unpaired) electrons. The van der Waals surface area contributed by atoms with E-state index in [0.717, 1.165) is 43.9 Å². The van der Waals surface area contributed by atoms with E-state index in [1.165, 1.54) is 16.7 Å². The molecule has 0 spiro atoms. The molecule has 1 fully saturated rings. The molecule has 0 aromatic heterocycles. The van der Waals surface area contributed by atoms with Gasteiger partial charge in [0.15, 0.2) is 0 Å². The van der Waals surface area contributed by atoms with E-state index < -0.39 is 0 Å². The van der Waals surface area contributed by atoms with Crippen molar-refractivity contribution in [1.29, 1.82) is 0 Å². The van der Waals surface area contributed by atoms with E-state index in [1.54, 1.807) is 0 Å². The van der Waals surface area contributed by atoms with E-state index in [9.17, 15) is 4.79 Å². The lowest BCUT2D eigenvalue weighted by Gasteiger charge is -2.35. The zero-order chi connectivity index (χ0) is 17.1. The number of piperazine rings is 1. The SMILES string of the molecule is Cc1cc(C)c(C(=O)N2CCN(Cc3ccccc3)CC2)cc1C. The van der Waals surface area contributed by atoms with Crippen molar-refractivity contribution in [2.24, 2.45) is 0 Å². The number of nitrogens with zero attached hydrogens (tertiary/aromatic N) is 2. The summed E-state index contributed by atoms with van der Waals surface area (Å²) in [4.78, 5) is 17.3. The molecule has 0 saturated carbocycles. The van der Waals surface area contributed by atoms with Crippen LogP contribution in [0.15, 0.2) is 42.5 Å². The van der Waals surface area contributed by atoms with Crippen molar-refractivity contribution in [3.8, 4) is 0 Å². The van der Waals surface area contributed by atoms with Gasteiger partial charge in [-0.1, -0.05) is 36.4 Å². The second-order valence-electron chi connectivity index (χ2n) is 6.81. The number of hydrogen-bond donors (Lipinski definition) is 0. The van der Waals surface area contributed by atoms with Crippen LogP contribution in [0.25, 0.3) is 0 Å². The number of carbonyl (C=O) groups excluding carboxylic acids is 1. The third-order valence-electron chi connectivity index (χ3n) is 4.98. The average Bonchev–Trinajstić information content (AvgIpc) is 2.59. The Bertz CT molecular complexity index is 716. The van der Waals surface area contributed by atoms with Gasteiger partial charge in [-0.15, -0.1) is 0 Å². The Morgan fingerprint density at radius 1 is 0.875 bits per heavy atom. The number of amides is 1. The maximum atomic E-state index is 12.9. The normalized spacial score (nSPS) is 15.5. The van der Waals surface area contributed by atoms with Crippen LogP contribution in [-0.4, -0.2) is 41.9 Å². The van der Waals surface area contributed by atoms with Crippen LogP contribution in [0.3, 0.4) is 0 Å². The van der Waals surface area contributed by atoms with Crippen molar-refractivity contribution in [2.45, 2.75) is 27.3 Å². The molecule has 1 heterocycles. The van der Waals surface area contributed by atoms with Gasteiger partial charge >= 0.3 is 0 Å². The van der Waals surface area contributed by atoms with Gasteiger partial charge in [0.05, 0.1) is 0 Å². The number of carbonyl (C=O) groups is 1. The summed E-state index contributed by atoms with van der Waals surface area (Å²) in [7, 11) is 0. The smallest absolute Gasteiger partial charge is 0.254 e. The first-order valence-electron chi connectivity index (χ1n) is 8.68. The maximum Gasteiger partial charge on any atom is 0.254 e. The van der Waals surface area contributed by atoms with Crippen LogP contribution in [0, 0.1) is 20.8 Å². The summed E-state index contributed by atoms with van der Waals surface area (Å²) in [6, 6.07) is 14.7. The molecular formula is C21H26N2O. The topological polar surface area (TPSA) is 23.6 Å².